The molecular weight excluding hydrogens is 196 g/mol. The van der Waals surface area contributed by atoms with Crippen LogP contribution in [0.2, 0.25) is 0 Å². The van der Waals surface area contributed by atoms with Crippen LogP contribution in [0.5, 0.6) is 0 Å². The van der Waals surface area contributed by atoms with E-state index in [1.54, 1.807) is 6.08 Å². The molecular formula is C11H18O2S. The van der Waals surface area contributed by atoms with E-state index in [-0.39, 0.29) is 11.5 Å². The quantitative estimate of drug-likeness (QED) is 0.781. The molecule has 0 aliphatic heterocycles. The number of aliphatic hydroxyl groups excluding tert-OH is 1. The maximum absolute atomic E-state index is 11.2. The van der Waals surface area contributed by atoms with Gasteiger partial charge in [0.05, 0.1) is 0 Å². The van der Waals surface area contributed by atoms with Gasteiger partial charge in [0.1, 0.15) is 0 Å². The molecule has 0 amide bonds. The van der Waals surface area contributed by atoms with Crippen LogP contribution < -0.4 is 0 Å². The van der Waals surface area contributed by atoms with Crippen molar-refractivity contribution < 1.29 is 9.90 Å². The highest BCUT2D eigenvalue weighted by Gasteiger charge is 2.22. The van der Waals surface area contributed by atoms with Gasteiger partial charge in [-0.15, -0.1) is 0 Å². The Bertz CT molecular complexity index is 235. The maximum Gasteiger partial charge on any atom is 0.197 e. The van der Waals surface area contributed by atoms with Gasteiger partial charge in [-0.25, -0.2) is 0 Å². The summed E-state index contributed by atoms with van der Waals surface area (Å²) < 4.78 is 0. The molecule has 2 nitrogen and oxygen atoms in total. The second-order valence-electron chi connectivity index (χ2n) is 3.82. The van der Waals surface area contributed by atoms with E-state index < -0.39 is 0 Å². The molecule has 1 rings (SSSR count). The standard InChI is InChI=1S/C11H18O2S/c1-3-14-8(2)6-9-4-5-10(12)11(13)7-9/h5,8-9,12H,3-4,6-7H2,1-2H3. The highest BCUT2D eigenvalue weighted by Crippen LogP contribution is 2.27. The number of hydrogen-bond acceptors (Lipinski definition) is 3. The zero-order valence-corrected chi connectivity index (χ0v) is 9.64. The molecule has 0 heterocycles. The Morgan fingerprint density at radius 3 is 3.00 bits per heavy atom. The van der Waals surface area contributed by atoms with E-state index in [1.165, 1.54) is 0 Å². The van der Waals surface area contributed by atoms with Crippen molar-refractivity contribution in [2.45, 2.75) is 38.4 Å². The lowest BCUT2D eigenvalue weighted by Gasteiger charge is -2.21. The van der Waals surface area contributed by atoms with E-state index in [0.29, 0.717) is 17.6 Å². The fourth-order valence-corrected chi connectivity index (χ4v) is 2.82. The van der Waals surface area contributed by atoms with Crippen LogP contribution in [0.15, 0.2) is 11.8 Å². The van der Waals surface area contributed by atoms with Crippen molar-refractivity contribution in [1.29, 1.82) is 0 Å². The highest BCUT2D eigenvalue weighted by molar-refractivity contribution is 7.99. The van der Waals surface area contributed by atoms with Crippen molar-refractivity contribution >= 4 is 17.5 Å². The molecule has 0 aromatic rings. The molecule has 14 heavy (non-hydrogen) atoms. The smallest absolute Gasteiger partial charge is 0.197 e. The number of carbonyl (C=O) groups is 1. The molecule has 0 radical (unpaired) electrons. The number of Topliss-reactive ketones (excluding diaryl/α,β-unsaturated/α-hetero) is 1. The minimum Gasteiger partial charge on any atom is -0.505 e. The van der Waals surface area contributed by atoms with Crippen LogP contribution in [-0.4, -0.2) is 21.9 Å². The first-order valence-electron chi connectivity index (χ1n) is 5.17. The van der Waals surface area contributed by atoms with Gasteiger partial charge in [0.2, 0.25) is 0 Å². The third-order valence-electron chi connectivity index (χ3n) is 2.52. The summed E-state index contributed by atoms with van der Waals surface area (Å²) in [5.74, 6) is 1.45. The molecule has 3 heteroatoms. The van der Waals surface area contributed by atoms with E-state index in [1.807, 2.05) is 11.8 Å². The van der Waals surface area contributed by atoms with E-state index in [4.69, 9.17) is 5.11 Å². The van der Waals surface area contributed by atoms with Gasteiger partial charge < -0.3 is 5.11 Å². The second-order valence-corrected chi connectivity index (χ2v) is 5.54. The van der Waals surface area contributed by atoms with Crippen molar-refractivity contribution in [1.82, 2.24) is 0 Å². The van der Waals surface area contributed by atoms with Crippen LogP contribution in [0.25, 0.3) is 0 Å². The van der Waals surface area contributed by atoms with Crippen molar-refractivity contribution in [3.05, 3.63) is 11.8 Å². The number of thioether (sulfide) groups is 1. The van der Waals surface area contributed by atoms with Crippen molar-refractivity contribution in [3.63, 3.8) is 0 Å². The maximum atomic E-state index is 11.2. The van der Waals surface area contributed by atoms with Crippen molar-refractivity contribution in [2.75, 3.05) is 5.75 Å². The van der Waals surface area contributed by atoms with Gasteiger partial charge in [-0.1, -0.05) is 13.8 Å². The molecule has 0 spiro atoms. The highest BCUT2D eigenvalue weighted by atomic mass is 32.2. The average molecular weight is 214 g/mol. The third kappa shape index (κ3) is 3.37. The van der Waals surface area contributed by atoms with Crippen molar-refractivity contribution in [2.24, 2.45) is 5.92 Å². The summed E-state index contributed by atoms with van der Waals surface area (Å²) in [6.45, 7) is 4.36. The van der Waals surface area contributed by atoms with Gasteiger partial charge in [0.15, 0.2) is 11.5 Å². The first-order chi connectivity index (χ1) is 6.63. The normalized spacial score (nSPS) is 24.6. The summed E-state index contributed by atoms with van der Waals surface area (Å²) >= 11 is 1.93. The van der Waals surface area contributed by atoms with Gasteiger partial charge in [-0.05, 0) is 30.6 Å². The first-order valence-corrected chi connectivity index (χ1v) is 6.22. The third-order valence-corrected chi connectivity index (χ3v) is 3.62. The molecule has 0 fully saturated rings. The van der Waals surface area contributed by atoms with Crippen LogP contribution in [0.3, 0.4) is 0 Å². The Labute approximate surface area is 89.8 Å². The SMILES string of the molecule is CCSC(C)CC1CC=C(O)C(=O)C1. The number of hydrogen-bond donors (Lipinski definition) is 1. The lowest BCUT2D eigenvalue weighted by Crippen LogP contribution is -2.18. The molecule has 1 aliphatic rings. The fourth-order valence-electron chi connectivity index (χ4n) is 1.84. The summed E-state index contributed by atoms with van der Waals surface area (Å²) in [5.41, 5.74) is 0. The minimum atomic E-state index is -0.0880. The summed E-state index contributed by atoms with van der Waals surface area (Å²) in [6.07, 6.45) is 4.12. The molecule has 0 saturated heterocycles. The van der Waals surface area contributed by atoms with Crippen LogP contribution in [-0.2, 0) is 4.79 Å². The number of rotatable bonds is 4. The van der Waals surface area contributed by atoms with Gasteiger partial charge in [-0.2, -0.15) is 11.8 Å². The molecule has 2 unspecified atom stereocenters. The molecule has 2 atom stereocenters. The number of carbonyl (C=O) groups excluding carboxylic acids is 1. The molecule has 0 saturated carbocycles. The first kappa shape index (κ1) is 11.6. The van der Waals surface area contributed by atoms with Crippen molar-refractivity contribution in [3.8, 4) is 0 Å². The number of aliphatic hydroxyl groups is 1. The molecule has 0 aromatic heterocycles. The summed E-state index contributed by atoms with van der Waals surface area (Å²) in [5, 5.41) is 9.76. The zero-order valence-electron chi connectivity index (χ0n) is 8.82. The van der Waals surface area contributed by atoms with E-state index >= 15 is 0 Å². The predicted octanol–water partition coefficient (Wildman–Crippen LogP) is 2.94. The Kier molecular flexibility index (Phi) is 4.52. The lowest BCUT2D eigenvalue weighted by molar-refractivity contribution is -0.119. The van der Waals surface area contributed by atoms with Crippen LogP contribution in [0, 0.1) is 5.92 Å². The molecule has 80 valence electrons. The molecule has 1 N–H and O–H groups in total. The molecule has 0 aromatic carbocycles. The number of ketones is 1. The van der Waals surface area contributed by atoms with E-state index in [0.717, 1.165) is 18.6 Å². The monoisotopic (exact) mass is 214 g/mol. The Hall–Kier alpha value is -0.440. The van der Waals surface area contributed by atoms with Crippen LogP contribution in [0.4, 0.5) is 0 Å². The summed E-state index contributed by atoms with van der Waals surface area (Å²) in [6, 6.07) is 0. The summed E-state index contributed by atoms with van der Waals surface area (Å²) in [4.78, 5) is 11.2. The predicted molar refractivity (Wildman–Crippen MR) is 60.7 cm³/mol. The van der Waals surface area contributed by atoms with Gasteiger partial charge in [-0.3, -0.25) is 4.79 Å². The minimum absolute atomic E-state index is 0.0305. The lowest BCUT2D eigenvalue weighted by atomic mass is 9.89. The summed E-state index contributed by atoms with van der Waals surface area (Å²) in [7, 11) is 0. The fraction of sp³-hybridized carbons (Fsp3) is 0.727. The zero-order chi connectivity index (χ0) is 10.6. The average Bonchev–Trinajstić information content (AvgIpc) is 2.12. The number of allylic oxidation sites excluding steroid dienone is 2. The molecule has 0 bridgehead atoms. The van der Waals surface area contributed by atoms with E-state index in [9.17, 15) is 4.79 Å². The van der Waals surface area contributed by atoms with Gasteiger partial charge >= 0.3 is 0 Å². The van der Waals surface area contributed by atoms with Crippen LogP contribution in [0.1, 0.15) is 33.1 Å². The van der Waals surface area contributed by atoms with Crippen LogP contribution >= 0.6 is 11.8 Å². The van der Waals surface area contributed by atoms with Gasteiger partial charge in [0.25, 0.3) is 0 Å². The second kappa shape index (κ2) is 5.44. The Balaban J connectivity index is 2.38. The van der Waals surface area contributed by atoms with E-state index in [2.05, 4.69) is 13.8 Å². The Morgan fingerprint density at radius 1 is 1.71 bits per heavy atom. The van der Waals surface area contributed by atoms with Gasteiger partial charge in [0, 0.05) is 11.7 Å². The topological polar surface area (TPSA) is 37.3 Å². The largest absolute Gasteiger partial charge is 0.505 e. The molecule has 1 aliphatic carbocycles. The Morgan fingerprint density at radius 2 is 2.43 bits per heavy atom.